The fourth-order valence-electron chi connectivity index (χ4n) is 3.96. The Hall–Kier alpha value is -2.84. The molecule has 1 aliphatic heterocycles. The lowest BCUT2D eigenvalue weighted by Crippen LogP contribution is -2.55. The minimum atomic E-state index is -4.39. The van der Waals surface area contributed by atoms with Gasteiger partial charge in [0.25, 0.3) is 0 Å². The number of hydrogen-bond acceptors (Lipinski definition) is 4. The lowest BCUT2D eigenvalue weighted by Gasteiger charge is -2.37. The maximum Gasteiger partial charge on any atom is 0.416 e. The molecule has 2 aromatic rings. The van der Waals surface area contributed by atoms with Crippen LogP contribution in [0.2, 0.25) is 0 Å². The van der Waals surface area contributed by atoms with Crippen molar-refractivity contribution in [2.75, 3.05) is 31.1 Å². The molecule has 0 atom stereocenters. The molecule has 1 aliphatic rings. The Kier molecular flexibility index (Phi) is 7.19. The van der Waals surface area contributed by atoms with Gasteiger partial charge in [-0.2, -0.15) is 13.2 Å². The number of urea groups is 1. The summed E-state index contributed by atoms with van der Waals surface area (Å²) in [4.78, 5) is 25.6. The molecule has 2 heterocycles. The van der Waals surface area contributed by atoms with E-state index in [1.165, 1.54) is 12.1 Å². The van der Waals surface area contributed by atoms with E-state index < -0.39 is 11.7 Å². The molecule has 0 radical (unpaired) electrons. The first kappa shape index (κ1) is 24.8. The number of anilines is 1. The van der Waals surface area contributed by atoms with Gasteiger partial charge in [-0.3, -0.25) is 0 Å². The van der Waals surface area contributed by atoms with Gasteiger partial charge in [0.05, 0.1) is 5.56 Å². The third kappa shape index (κ3) is 6.36. The number of rotatable bonds is 4. The smallest absolute Gasteiger partial charge is 0.353 e. The van der Waals surface area contributed by atoms with Crippen LogP contribution in [0.4, 0.5) is 23.8 Å². The van der Waals surface area contributed by atoms with E-state index in [0.29, 0.717) is 50.4 Å². The van der Waals surface area contributed by atoms with E-state index in [1.807, 2.05) is 34.6 Å². The summed E-state index contributed by atoms with van der Waals surface area (Å²) < 4.78 is 39.6. The summed E-state index contributed by atoms with van der Waals surface area (Å²) in [7, 11) is 0. The monoisotopic (exact) mass is 463 g/mol. The number of halogens is 3. The number of amides is 2. The van der Waals surface area contributed by atoms with Crippen molar-refractivity contribution in [3.63, 3.8) is 0 Å². The molecule has 33 heavy (non-hydrogen) atoms. The molecule has 1 fully saturated rings. The van der Waals surface area contributed by atoms with Gasteiger partial charge < -0.3 is 15.1 Å². The Labute approximate surface area is 193 Å². The highest BCUT2D eigenvalue weighted by atomic mass is 19.4. The number of nitrogens with one attached hydrogen (secondary N) is 1. The molecular formula is C24H32F3N5O. The van der Waals surface area contributed by atoms with Gasteiger partial charge >= 0.3 is 12.2 Å². The Bertz CT molecular complexity index is 993. The van der Waals surface area contributed by atoms with Gasteiger partial charge in [0, 0.05) is 49.4 Å². The standard InChI is InChI=1S/C24H32F3N5O/c1-6-20-19(15-17-8-7-9-18(14-17)24(25,26)27)21(29-16(2)28-20)31-10-12-32(13-11-31)22(33)30-23(3,4)5/h7-9,14H,6,10-13,15H2,1-5H3,(H,30,33). The molecule has 0 bridgehead atoms. The molecule has 0 aliphatic carbocycles. The Morgan fingerprint density at radius 3 is 2.33 bits per heavy atom. The van der Waals surface area contributed by atoms with Gasteiger partial charge in [-0.1, -0.05) is 25.1 Å². The van der Waals surface area contributed by atoms with Crippen molar-refractivity contribution in [1.82, 2.24) is 20.2 Å². The van der Waals surface area contributed by atoms with E-state index in [4.69, 9.17) is 0 Å². The predicted octanol–water partition coefficient (Wildman–Crippen LogP) is 4.59. The minimum absolute atomic E-state index is 0.0977. The average Bonchev–Trinajstić information content (AvgIpc) is 2.73. The van der Waals surface area contributed by atoms with E-state index in [0.717, 1.165) is 23.1 Å². The lowest BCUT2D eigenvalue weighted by atomic mass is 10.00. The predicted molar refractivity (Wildman–Crippen MR) is 122 cm³/mol. The molecule has 1 saturated heterocycles. The Balaban J connectivity index is 1.85. The number of carbonyl (C=O) groups is 1. The van der Waals surface area contributed by atoms with Crippen LogP contribution in [0.3, 0.4) is 0 Å². The second-order valence-corrected chi connectivity index (χ2v) is 9.40. The minimum Gasteiger partial charge on any atom is -0.353 e. The third-order valence-electron chi connectivity index (χ3n) is 5.50. The number of aromatic nitrogens is 2. The summed E-state index contributed by atoms with van der Waals surface area (Å²) in [5, 5.41) is 2.98. The molecule has 2 amide bonds. The van der Waals surface area contributed by atoms with E-state index >= 15 is 0 Å². The SMILES string of the molecule is CCc1nc(C)nc(N2CCN(C(=O)NC(C)(C)C)CC2)c1Cc1cccc(C(F)(F)F)c1. The van der Waals surface area contributed by atoms with Crippen molar-refractivity contribution in [1.29, 1.82) is 0 Å². The Morgan fingerprint density at radius 2 is 1.76 bits per heavy atom. The molecule has 1 aromatic heterocycles. The average molecular weight is 464 g/mol. The topological polar surface area (TPSA) is 61.4 Å². The van der Waals surface area contributed by atoms with E-state index in [9.17, 15) is 18.0 Å². The summed E-state index contributed by atoms with van der Waals surface area (Å²) in [5.74, 6) is 1.37. The van der Waals surface area contributed by atoms with Gasteiger partial charge in [-0.15, -0.1) is 0 Å². The largest absolute Gasteiger partial charge is 0.416 e. The van der Waals surface area contributed by atoms with Crippen molar-refractivity contribution in [2.45, 2.75) is 59.2 Å². The zero-order valence-corrected chi connectivity index (χ0v) is 19.9. The first-order valence-electron chi connectivity index (χ1n) is 11.2. The summed E-state index contributed by atoms with van der Waals surface area (Å²) in [6.45, 7) is 11.9. The van der Waals surface area contributed by atoms with Crippen molar-refractivity contribution in [3.8, 4) is 0 Å². The third-order valence-corrected chi connectivity index (χ3v) is 5.50. The van der Waals surface area contributed by atoms with Crippen molar-refractivity contribution < 1.29 is 18.0 Å². The molecule has 0 spiro atoms. The summed E-state index contributed by atoms with van der Waals surface area (Å²) in [6.07, 6.45) is -3.42. The molecule has 3 rings (SSSR count). The quantitative estimate of drug-likeness (QED) is 0.721. The van der Waals surface area contributed by atoms with Crippen LogP contribution in [-0.2, 0) is 19.0 Å². The van der Waals surface area contributed by atoms with E-state index in [1.54, 1.807) is 11.0 Å². The second-order valence-electron chi connectivity index (χ2n) is 9.40. The fraction of sp³-hybridized carbons (Fsp3) is 0.542. The van der Waals surface area contributed by atoms with Crippen LogP contribution in [0.25, 0.3) is 0 Å². The molecule has 0 saturated carbocycles. The number of carbonyl (C=O) groups excluding carboxylic acids is 1. The van der Waals surface area contributed by atoms with Gasteiger partial charge in [-0.05, 0) is 45.7 Å². The number of benzene rings is 1. The number of nitrogens with zero attached hydrogens (tertiary/aromatic N) is 4. The van der Waals surface area contributed by atoms with Crippen LogP contribution in [0.1, 0.15) is 55.9 Å². The highest BCUT2D eigenvalue weighted by Gasteiger charge is 2.31. The van der Waals surface area contributed by atoms with E-state index in [2.05, 4.69) is 20.2 Å². The zero-order chi connectivity index (χ0) is 24.4. The van der Waals surface area contributed by atoms with Crippen LogP contribution < -0.4 is 10.2 Å². The van der Waals surface area contributed by atoms with Gasteiger partial charge in [-0.25, -0.2) is 14.8 Å². The number of alkyl halides is 3. The molecule has 180 valence electrons. The summed E-state index contributed by atoms with van der Waals surface area (Å²) in [6, 6.07) is 5.31. The molecule has 1 N–H and O–H groups in total. The molecular weight excluding hydrogens is 431 g/mol. The van der Waals surface area contributed by atoms with Crippen molar-refractivity contribution >= 4 is 11.8 Å². The van der Waals surface area contributed by atoms with E-state index in [-0.39, 0.29) is 11.6 Å². The maximum atomic E-state index is 13.2. The molecule has 1 aromatic carbocycles. The summed E-state index contributed by atoms with van der Waals surface area (Å²) in [5.41, 5.74) is 1.27. The van der Waals surface area contributed by atoms with Crippen LogP contribution in [0, 0.1) is 6.92 Å². The summed E-state index contributed by atoms with van der Waals surface area (Å²) >= 11 is 0. The van der Waals surface area contributed by atoms with Crippen molar-refractivity contribution in [2.24, 2.45) is 0 Å². The normalized spacial score (nSPS) is 15.0. The first-order chi connectivity index (χ1) is 15.4. The Morgan fingerprint density at radius 1 is 1.09 bits per heavy atom. The highest BCUT2D eigenvalue weighted by Crippen LogP contribution is 2.31. The first-order valence-corrected chi connectivity index (χ1v) is 11.2. The number of aryl methyl sites for hydroxylation is 2. The highest BCUT2D eigenvalue weighted by molar-refractivity contribution is 5.75. The van der Waals surface area contributed by atoms with Gasteiger partial charge in [0.2, 0.25) is 0 Å². The van der Waals surface area contributed by atoms with Gasteiger partial charge in [0.15, 0.2) is 0 Å². The van der Waals surface area contributed by atoms with Crippen molar-refractivity contribution in [3.05, 3.63) is 52.5 Å². The lowest BCUT2D eigenvalue weighted by molar-refractivity contribution is -0.137. The van der Waals surface area contributed by atoms with Gasteiger partial charge in [0.1, 0.15) is 11.6 Å². The maximum absolute atomic E-state index is 13.2. The van der Waals surface area contributed by atoms with Crippen LogP contribution in [0.15, 0.2) is 24.3 Å². The zero-order valence-electron chi connectivity index (χ0n) is 19.9. The molecule has 9 heteroatoms. The molecule has 0 unspecified atom stereocenters. The van der Waals surface area contributed by atoms with Crippen LogP contribution in [-0.4, -0.2) is 52.6 Å². The fourth-order valence-corrected chi connectivity index (χ4v) is 3.96. The molecule has 6 nitrogen and oxygen atoms in total. The van der Waals surface area contributed by atoms with Crippen LogP contribution in [0.5, 0.6) is 0 Å². The second kappa shape index (κ2) is 9.57. The number of piperazine rings is 1. The van der Waals surface area contributed by atoms with Crippen LogP contribution >= 0.6 is 0 Å². The number of hydrogen-bond donors (Lipinski definition) is 1.